The predicted molar refractivity (Wildman–Crippen MR) is 147 cm³/mol. The second-order valence-corrected chi connectivity index (χ2v) is 8.46. The number of pyridine rings is 1. The highest BCUT2D eigenvalue weighted by Gasteiger charge is 2.22. The molecule has 184 valence electrons. The molecule has 0 aliphatic heterocycles. The quantitative estimate of drug-likeness (QED) is 0.175. The molecule has 0 saturated heterocycles. The number of anilines is 1. The Morgan fingerprint density at radius 3 is 2.65 bits per heavy atom. The fraction of sp³-hybridized carbons (Fsp3) is 0.429. The SMILES string of the molecule is C=C/C=C\C(=C(/C)OCCC)c1cc(NCC(=N)/C=C\N)c2c(n1)c(C)c(CC)n2C(C)CC. The molecule has 1 unspecified atom stereocenters. The topological polar surface area (TPSA) is 88.9 Å². The lowest BCUT2D eigenvalue weighted by atomic mass is 10.1. The van der Waals surface area contributed by atoms with Crippen LogP contribution in [0.4, 0.5) is 5.69 Å². The van der Waals surface area contributed by atoms with E-state index in [1.165, 1.54) is 17.5 Å². The predicted octanol–water partition coefficient (Wildman–Crippen LogP) is 6.68. The Kier molecular flexibility index (Phi) is 10.2. The van der Waals surface area contributed by atoms with Gasteiger partial charge < -0.3 is 25.8 Å². The van der Waals surface area contributed by atoms with E-state index in [2.05, 4.69) is 57.1 Å². The number of rotatable bonds is 13. The molecular formula is C28H41N5O. The standard InChI is InChI=1S/C28H41N5O/c1-8-12-13-23(21(7)34-16-9-2)24-17-25(31-18-22(30)14-15-29)28-27(32-24)20(6)26(11-4)33(28)19(5)10-3/h8,12-15,17,19,30H,1,9-11,16,18,29H2,2-7H3,(H,31,32)/b13-12-,15-14-,23-21-,30-22?. The van der Waals surface area contributed by atoms with E-state index < -0.39 is 0 Å². The van der Waals surface area contributed by atoms with E-state index in [-0.39, 0.29) is 0 Å². The second kappa shape index (κ2) is 12.8. The van der Waals surface area contributed by atoms with Gasteiger partial charge >= 0.3 is 0 Å². The van der Waals surface area contributed by atoms with Crippen LogP contribution < -0.4 is 11.1 Å². The summed E-state index contributed by atoms with van der Waals surface area (Å²) < 4.78 is 8.41. The molecule has 0 aliphatic rings. The van der Waals surface area contributed by atoms with Crippen LogP contribution in [0.5, 0.6) is 0 Å². The van der Waals surface area contributed by atoms with Crippen LogP contribution in [0.15, 0.2) is 48.9 Å². The molecule has 0 aromatic carbocycles. The third-order valence-corrected chi connectivity index (χ3v) is 6.02. The number of allylic oxidation sites excluding steroid dienone is 5. The molecule has 0 aliphatic carbocycles. The van der Waals surface area contributed by atoms with Crippen LogP contribution in [0.1, 0.15) is 70.5 Å². The maximum atomic E-state index is 8.17. The third kappa shape index (κ3) is 5.99. The Morgan fingerprint density at radius 1 is 1.32 bits per heavy atom. The van der Waals surface area contributed by atoms with Crippen LogP contribution in [0.2, 0.25) is 0 Å². The minimum atomic E-state index is 0.327. The highest BCUT2D eigenvalue weighted by atomic mass is 16.5. The molecule has 4 N–H and O–H groups in total. The summed E-state index contributed by atoms with van der Waals surface area (Å²) in [6.07, 6.45) is 11.5. The van der Waals surface area contributed by atoms with Crippen molar-refractivity contribution < 1.29 is 4.74 Å². The van der Waals surface area contributed by atoms with E-state index in [1.807, 2.05) is 19.1 Å². The number of nitrogens with zero attached hydrogens (tertiary/aromatic N) is 2. The van der Waals surface area contributed by atoms with Gasteiger partial charge in [-0.25, -0.2) is 4.98 Å². The molecule has 0 amide bonds. The number of fused-ring (bicyclic) bond motifs is 1. The lowest BCUT2D eigenvalue weighted by Gasteiger charge is -2.20. The summed E-state index contributed by atoms with van der Waals surface area (Å²) in [6.45, 7) is 17.7. The van der Waals surface area contributed by atoms with Crippen molar-refractivity contribution >= 4 is 28.0 Å². The average molecular weight is 464 g/mol. The van der Waals surface area contributed by atoms with E-state index in [9.17, 15) is 0 Å². The lowest BCUT2D eigenvalue weighted by Crippen LogP contribution is -2.14. The molecule has 34 heavy (non-hydrogen) atoms. The molecule has 6 heteroatoms. The van der Waals surface area contributed by atoms with Crippen molar-refractivity contribution in [2.75, 3.05) is 18.5 Å². The van der Waals surface area contributed by atoms with E-state index in [0.717, 1.165) is 53.0 Å². The lowest BCUT2D eigenvalue weighted by molar-refractivity contribution is 0.216. The maximum Gasteiger partial charge on any atom is 0.102 e. The molecule has 0 spiro atoms. The van der Waals surface area contributed by atoms with Crippen molar-refractivity contribution in [1.82, 2.24) is 9.55 Å². The van der Waals surface area contributed by atoms with Crippen LogP contribution in [-0.2, 0) is 11.2 Å². The first kappa shape index (κ1) is 27.0. The van der Waals surface area contributed by atoms with E-state index in [0.29, 0.717) is 24.9 Å². The summed E-state index contributed by atoms with van der Waals surface area (Å²) in [4.78, 5) is 5.16. The van der Waals surface area contributed by atoms with Crippen molar-refractivity contribution in [1.29, 1.82) is 5.41 Å². The Morgan fingerprint density at radius 2 is 2.06 bits per heavy atom. The first-order valence-corrected chi connectivity index (χ1v) is 12.2. The number of aryl methyl sites for hydroxylation is 1. The van der Waals surface area contributed by atoms with Gasteiger partial charge in [0.1, 0.15) is 5.76 Å². The normalized spacial score (nSPS) is 13.5. The van der Waals surface area contributed by atoms with Gasteiger partial charge in [0.15, 0.2) is 0 Å². The van der Waals surface area contributed by atoms with Crippen LogP contribution >= 0.6 is 0 Å². The van der Waals surface area contributed by atoms with E-state index >= 15 is 0 Å². The molecule has 0 fully saturated rings. The average Bonchev–Trinajstić information content (AvgIpc) is 3.12. The highest BCUT2D eigenvalue weighted by molar-refractivity contribution is 5.99. The van der Waals surface area contributed by atoms with Gasteiger partial charge in [-0.3, -0.25) is 0 Å². The minimum absolute atomic E-state index is 0.327. The van der Waals surface area contributed by atoms with Crippen molar-refractivity contribution in [3.63, 3.8) is 0 Å². The molecule has 0 bridgehead atoms. The Balaban J connectivity index is 2.86. The van der Waals surface area contributed by atoms with Gasteiger partial charge in [0.05, 0.1) is 41.3 Å². The summed E-state index contributed by atoms with van der Waals surface area (Å²) in [7, 11) is 0. The molecule has 2 aromatic rings. The van der Waals surface area contributed by atoms with Gasteiger partial charge in [-0.15, -0.1) is 0 Å². The molecule has 1 atom stereocenters. The molecule has 2 aromatic heterocycles. The van der Waals surface area contributed by atoms with Crippen molar-refractivity contribution in [2.24, 2.45) is 5.73 Å². The molecular weight excluding hydrogens is 422 g/mol. The van der Waals surface area contributed by atoms with Crippen molar-refractivity contribution in [3.05, 3.63) is 65.9 Å². The summed E-state index contributed by atoms with van der Waals surface area (Å²) in [6, 6.07) is 2.40. The first-order valence-electron chi connectivity index (χ1n) is 12.2. The number of nitrogens with two attached hydrogens (primary N) is 1. The highest BCUT2D eigenvalue weighted by Crippen LogP contribution is 2.36. The van der Waals surface area contributed by atoms with Crippen molar-refractivity contribution in [2.45, 2.75) is 66.8 Å². The second-order valence-electron chi connectivity index (χ2n) is 8.46. The molecule has 2 rings (SSSR count). The zero-order valence-corrected chi connectivity index (χ0v) is 21.7. The smallest absolute Gasteiger partial charge is 0.102 e. The molecule has 2 heterocycles. The van der Waals surface area contributed by atoms with Crippen LogP contribution in [-0.4, -0.2) is 28.4 Å². The fourth-order valence-electron chi connectivity index (χ4n) is 4.12. The van der Waals surface area contributed by atoms with Gasteiger partial charge in [0.2, 0.25) is 0 Å². The maximum absolute atomic E-state index is 8.17. The number of nitrogens with one attached hydrogen (secondary N) is 2. The van der Waals surface area contributed by atoms with Crippen molar-refractivity contribution in [3.8, 4) is 0 Å². The summed E-state index contributed by atoms with van der Waals surface area (Å²) >= 11 is 0. The van der Waals surface area contributed by atoms with Gasteiger partial charge in [-0.2, -0.15) is 0 Å². The number of aromatic nitrogens is 2. The van der Waals surface area contributed by atoms with Gasteiger partial charge in [-0.1, -0.05) is 39.5 Å². The zero-order valence-electron chi connectivity index (χ0n) is 21.7. The number of hydrogen-bond acceptors (Lipinski definition) is 5. The Bertz CT molecular complexity index is 1100. The molecule has 0 radical (unpaired) electrons. The van der Waals surface area contributed by atoms with Gasteiger partial charge in [0.25, 0.3) is 0 Å². The fourth-order valence-corrected chi connectivity index (χ4v) is 4.12. The Labute approximate surface area is 204 Å². The monoisotopic (exact) mass is 463 g/mol. The van der Waals surface area contributed by atoms with Crippen LogP contribution in [0, 0.1) is 12.3 Å². The zero-order chi connectivity index (χ0) is 25.3. The summed E-state index contributed by atoms with van der Waals surface area (Å²) in [5.41, 5.74) is 13.1. The largest absolute Gasteiger partial charge is 0.498 e. The number of hydrogen-bond donors (Lipinski definition) is 3. The van der Waals surface area contributed by atoms with Crippen LogP contribution in [0.25, 0.3) is 16.6 Å². The van der Waals surface area contributed by atoms with E-state index in [4.69, 9.17) is 20.9 Å². The van der Waals surface area contributed by atoms with Crippen LogP contribution in [0.3, 0.4) is 0 Å². The summed E-state index contributed by atoms with van der Waals surface area (Å²) in [5.74, 6) is 0.825. The Hall–Kier alpha value is -3.28. The third-order valence-electron chi connectivity index (χ3n) is 6.02. The molecule has 6 nitrogen and oxygen atoms in total. The summed E-state index contributed by atoms with van der Waals surface area (Å²) in [5, 5.41) is 11.7. The van der Waals surface area contributed by atoms with E-state index in [1.54, 1.807) is 12.2 Å². The van der Waals surface area contributed by atoms with Gasteiger partial charge in [0, 0.05) is 17.3 Å². The van der Waals surface area contributed by atoms with Gasteiger partial charge in [-0.05, 0) is 70.0 Å². The molecule has 0 saturated carbocycles. The number of ether oxygens (including phenoxy) is 1. The first-order chi connectivity index (χ1) is 16.3. The minimum Gasteiger partial charge on any atom is -0.498 e.